The summed E-state index contributed by atoms with van der Waals surface area (Å²) in [4.78, 5) is 17.0. The number of nitrogens with zero attached hydrogens (tertiary/aromatic N) is 2. The van der Waals surface area contributed by atoms with E-state index in [0.717, 1.165) is 51.5 Å². The first kappa shape index (κ1) is 18.2. The van der Waals surface area contributed by atoms with Crippen LogP contribution < -0.4 is 4.74 Å². The van der Waals surface area contributed by atoms with Gasteiger partial charge in [-0.15, -0.1) is 0 Å². The van der Waals surface area contributed by atoms with Crippen LogP contribution in [0.5, 0.6) is 5.75 Å². The molecule has 1 aromatic rings. The number of ether oxygens (including phenoxy) is 2. The Morgan fingerprint density at radius 2 is 2.00 bits per heavy atom. The number of rotatable bonds is 6. The lowest BCUT2D eigenvalue weighted by Gasteiger charge is -2.21. The number of amides is 1. The molecule has 5 heteroatoms. The zero-order valence-electron chi connectivity index (χ0n) is 15.4. The third-order valence-corrected chi connectivity index (χ3v) is 5.27. The first-order valence-corrected chi connectivity index (χ1v) is 9.53. The topological polar surface area (TPSA) is 42.0 Å². The molecule has 2 aliphatic heterocycles. The molecule has 2 saturated heterocycles. The van der Waals surface area contributed by atoms with E-state index in [1.807, 2.05) is 24.0 Å². The van der Waals surface area contributed by atoms with Gasteiger partial charge in [-0.3, -0.25) is 4.79 Å². The number of likely N-dealkylation sites (tertiary alicyclic amines) is 1. The molecule has 0 radical (unpaired) electrons. The van der Waals surface area contributed by atoms with E-state index in [1.54, 1.807) is 0 Å². The van der Waals surface area contributed by atoms with Crippen LogP contribution in [0.25, 0.3) is 0 Å². The summed E-state index contributed by atoms with van der Waals surface area (Å²) in [6.07, 6.45) is 1.55. The predicted molar refractivity (Wildman–Crippen MR) is 97.9 cm³/mol. The minimum atomic E-state index is 0.214. The van der Waals surface area contributed by atoms with Gasteiger partial charge in [-0.05, 0) is 37.6 Å². The van der Waals surface area contributed by atoms with Gasteiger partial charge in [0.05, 0.1) is 19.3 Å². The SMILES string of the molecule is CCOc1ccc(CCC(=O)N2C[C@@H]3CN(CC)CCO[C@@H]3C2)cc1. The van der Waals surface area contributed by atoms with Crippen LogP contribution >= 0.6 is 0 Å². The van der Waals surface area contributed by atoms with E-state index in [-0.39, 0.29) is 12.0 Å². The van der Waals surface area contributed by atoms with Crippen LogP contribution in [0.2, 0.25) is 0 Å². The highest BCUT2D eigenvalue weighted by Gasteiger charge is 2.37. The molecule has 0 aromatic heterocycles. The largest absolute Gasteiger partial charge is 0.494 e. The van der Waals surface area contributed by atoms with Gasteiger partial charge in [0.1, 0.15) is 5.75 Å². The molecule has 0 unspecified atom stereocenters. The molecule has 138 valence electrons. The molecule has 0 saturated carbocycles. The van der Waals surface area contributed by atoms with Crippen molar-refractivity contribution in [2.75, 3.05) is 45.9 Å². The quantitative estimate of drug-likeness (QED) is 0.792. The second-order valence-corrected chi connectivity index (χ2v) is 6.94. The second-order valence-electron chi connectivity index (χ2n) is 6.94. The zero-order chi connectivity index (χ0) is 17.6. The first-order chi connectivity index (χ1) is 12.2. The van der Waals surface area contributed by atoms with Crippen LogP contribution in [0.15, 0.2) is 24.3 Å². The Morgan fingerprint density at radius 3 is 2.72 bits per heavy atom. The maximum absolute atomic E-state index is 12.6. The average Bonchev–Trinajstić information content (AvgIpc) is 2.93. The van der Waals surface area contributed by atoms with Crippen molar-refractivity contribution in [3.63, 3.8) is 0 Å². The molecular formula is C20H30N2O3. The van der Waals surface area contributed by atoms with Crippen LogP contribution in [0.4, 0.5) is 0 Å². The zero-order valence-corrected chi connectivity index (χ0v) is 15.4. The van der Waals surface area contributed by atoms with Gasteiger partial charge in [-0.2, -0.15) is 0 Å². The molecule has 0 spiro atoms. The Bertz CT molecular complexity index is 561. The number of benzene rings is 1. The Balaban J connectivity index is 1.49. The monoisotopic (exact) mass is 346 g/mol. The molecule has 2 heterocycles. The van der Waals surface area contributed by atoms with Gasteiger partial charge in [-0.1, -0.05) is 19.1 Å². The maximum Gasteiger partial charge on any atom is 0.223 e. The van der Waals surface area contributed by atoms with Gasteiger partial charge in [0.2, 0.25) is 5.91 Å². The first-order valence-electron chi connectivity index (χ1n) is 9.53. The van der Waals surface area contributed by atoms with Crippen molar-refractivity contribution in [2.45, 2.75) is 32.8 Å². The molecule has 5 nitrogen and oxygen atoms in total. The highest BCUT2D eigenvalue weighted by atomic mass is 16.5. The summed E-state index contributed by atoms with van der Waals surface area (Å²) >= 11 is 0. The van der Waals surface area contributed by atoms with Crippen molar-refractivity contribution < 1.29 is 14.3 Å². The predicted octanol–water partition coefficient (Wildman–Crippen LogP) is 2.20. The molecule has 0 bridgehead atoms. The number of aryl methyl sites for hydroxylation is 1. The van der Waals surface area contributed by atoms with Crippen LogP contribution in [0.3, 0.4) is 0 Å². The van der Waals surface area contributed by atoms with Gasteiger partial charge >= 0.3 is 0 Å². The van der Waals surface area contributed by atoms with Gasteiger partial charge in [0.25, 0.3) is 0 Å². The Hall–Kier alpha value is -1.59. The van der Waals surface area contributed by atoms with Crippen molar-refractivity contribution in [1.82, 2.24) is 9.80 Å². The number of fused-ring (bicyclic) bond motifs is 1. The minimum absolute atomic E-state index is 0.214. The molecule has 1 amide bonds. The fourth-order valence-corrected chi connectivity index (χ4v) is 3.78. The molecule has 0 N–H and O–H groups in total. The summed E-state index contributed by atoms with van der Waals surface area (Å²) in [5, 5.41) is 0. The second kappa shape index (κ2) is 8.68. The van der Waals surface area contributed by atoms with Crippen LogP contribution in [0.1, 0.15) is 25.8 Å². The highest BCUT2D eigenvalue weighted by Crippen LogP contribution is 2.24. The smallest absolute Gasteiger partial charge is 0.223 e. The van der Waals surface area contributed by atoms with Crippen molar-refractivity contribution in [3.05, 3.63) is 29.8 Å². The highest BCUT2D eigenvalue weighted by molar-refractivity contribution is 5.76. The Labute approximate surface area is 150 Å². The minimum Gasteiger partial charge on any atom is -0.494 e. The third kappa shape index (κ3) is 4.73. The van der Waals surface area contributed by atoms with E-state index >= 15 is 0 Å². The fraction of sp³-hybridized carbons (Fsp3) is 0.650. The van der Waals surface area contributed by atoms with Crippen molar-refractivity contribution in [3.8, 4) is 5.75 Å². The fourth-order valence-electron chi connectivity index (χ4n) is 3.78. The molecule has 2 fully saturated rings. The third-order valence-electron chi connectivity index (χ3n) is 5.27. The van der Waals surface area contributed by atoms with Gasteiger partial charge < -0.3 is 19.3 Å². The summed E-state index contributed by atoms with van der Waals surface area (Å²) in [5.41, 5.74) is 1.18. The number of carbonyl (C=O) groups is 1. The van der Waals surface area contributed by atoms with Gasteiger partial charge in [0, 0.05) is 38.5 Å². The lowest BCUT2D eigenvalue weighted by Crippen LogP contribution is -2.33. The van der Waals surface area contributed by atoms with Crippen molar-refractivity contribution in [2.24, 2.45) is 5.92 Å². The van der Waals surface area contributed by atoms with E-state index in [4.69, 9.17) is 9.47 Å². The van der Waals surface area contributed by atoms with Crippen LogP contribution in [-0.2, 0) is 16.0 Å². The Morgan fingerprint density at radius 1 is 1.20 bits per heavy atom. The Kier molecular flexibility index (Phi) is 6.32. The maximum atomic E-state index is 12.6. The molecule has 0 aliphatic carbocycles. The van der Waals surface area contributed by atoms with E-state index in [1.165, 1.54) is 5.56 Å². The van der Waals surface area contributed by atoms with E-state index in [9.17, 15) is 4.79 Å². The van der Waals surface area contributed by atoms with E-state index in [0.29, 0.717) is 18.9 Å². The lowest BCUT2D eigenvalue weighted by molar-refractivity contribution is -0.130. The average molecular weight is 346 g/mol. The molecule has 2 atom stereocenters. The molecule has 2 aliphatic rings. The molecular weight excluding hydrogens is 316 g/mol. The van der Waals surface area contributed by atoms with Crippen LogP contribution in [0, 0.1) is 5.92 Å². The normalized spacial score (nSPS) is 24.0. The summed E-state index contributed by atoms with van der Waals surface area (Å²) in [7, 11) is 0. The summed E-state index contributed by atoms with van der Waals surface area (Å²) in [5.74, 6) is 1.58. The summed E-state index contributed by atoms with van der Waals surface area (Å²) in [6, 6.07) is 8.05. The molecule has 25 heavy (non-hydrogen) atoms. The van der Waals surface area contributed by atoms with Gasteiger partial charge in [-0.25, -0.2) is 0 Å². The van der Waals surface area contributed by atoms with Gasteiger partial charge in [0.15, 0.2) is 0 Å². The van der Waals surface area contributed by atoms with E-state index < -0.39 is 0 Å². The number of hydrogen-bond donors (Lipinski definition) is 0. The summed E-state index contributed by atoms with van der Waals surface area (Å²) < 4.78 is 11.4. The lowest BCUT2D eigenvalue weighted by atomic mass is 10.1. The molecule has 3 rings (SSSR count). The van der Waals surface area contributed by atoms with Crippen molar-refractivity contribution >= 4 is 5.91 Å². The standard InChI is InChI=1S/C20H30N2O3/c1-3-21-11-12-25-19-15-22(14-17(19)13-21)20(23)10-7-16-5-8-18(9-6-16)24-4-2/h5-6,8-9,17,19H,3-4,7,10-15H2,1-2H3/t17-,19+/m0/s1. The van der Waals surface area contributed by atoms with E-state index in [2.05, 4.69) is 24.0 Å². The summed E-state index contributed by atoms with van der Waals surface area (Å²) in [6.45, 7) is 10.3. The van der Waals surface area contributed by atoms with Crippen LogP contribution in [-0.4, -0.2) is 67.7 Å². The number of hydrogen-bond acceptors (Lipinski definition) is 4. The number of carbonyl (C=O) groups excluding carboxylic acids is 1. The van der Waals surface area contributed by atoms with Crippen molar-refractivity contribution in [1.29, 1.82) is 0 Å². The molecule has 1 aromatic carbocycles. The number of likely N-dealkylation sites (N-methyl/N-ethyl adjacent to an activating group) is 1.